The van der Waals surface area contributed by atoms with E-state index in [1.54, 1.807) is 30.5 Å². The van der Waals surface area contributed by atoms with Crippen molar-refractivity contribution in [2.45, 2.75) is 4.90 Å². The molecule has 0 saturated carbocycles. The SMILES string of the molecule is O=S(=O)(Nc1cccnc1)c1cccc2nonc12. The lowest BCUT2D eigenvalue weighted by Crippen LogP contribution is -2.13. The van der Waals surface area contributed by atoms with Gasteiger partial charge in [-0.05, 0) is 34.6 Å². The molecule has 0 fully saturated rings. The molecule has 0 unspecified atom stereocenters. The second kappa shape index (κ2) is 4.32. The number of nitrogens with one attached hydrogen (secondary N) is 1. The van der Waals surface area contributed by atoms with Crippen LogP contribution in [0.4, 0.5) is 5.69 Å². The van der Waals surface area contributed by atoms with E-state index in [1.807, 2.05) is 0 Å². The van der Waals surface area contributed by atoms with Gasteiger partial charge in [0, 0.05) is 6.20 Å². The molecule has 19 heavy (non-hydrogen) atoms. The fourth-order valence-electron chi connectivity index (χ4n) is 1.63. The molecule has 2 heterocycles. The van der Waals surface area contributed by atoms with Gasteiger partial charge in [0.1, 0.15) is 10.4 Å². The Morgan fingerprint density at radius 1 is 1.11 bits per heavy atom. The monoisotopic (exact) mass is 276 g/mol. The van der Waals surface area contributed by atoms with E-state index in [2.05, 4.69) is 24.6 Å². The zero-order valence-electron chi connectivity index (χ0n) is 9.52. The Balaban J connectivity index is 2.08. The zero-order valence-corrected chi connectivity index (χ0v) is 10.3. The summed E-state index contributed by atoms with van der Waals surface area (Å²) in [6, 6.07) is 7.87. The average molecular weight is 276 g/mol. The topological polar surface area (TPSA) is 98.0 Å². The first-order valence-corrected chi connectivity index (χ1v) is 6.79. The van der Waals surface area contributed by atoms with Crippen molar-refractivity contribution in [3.8, 4) is 0 Å². The summed E-state index contributed by atoms with van der Waals surface area (Å²) in [6.07, 6.45) is 2.97. The van der Waals surface area contributed by atoms with Gasteiger partial charge in [-0.2, -0.15) is 0 Å². The van der Waals surface area contributed by atoms with Gasteiger partial charge in [0.15, 0.2) is 5.52 Å². The molecule has 0 saturated heterocycles. The lowest BCUT2D eigenvalue weighted by Gasteiger charge is -2.07. The number of rotatable bonds is 3. The van der Waals surface area contributed by atoms with Crippen LogP contribution in [0.3, 0.4) is 0 Å². The molecule has 1 N–H and O–H groups in total. The summed E-state index contributed by atoms with van der Waals surface area (Å²) in [4.78, 5) is 3.85. The predicted molar refractivity (Wildman–Crippen MR) is 66.8 cm³/mol. The van der Waals surface area contributed by atoms with Crippen LogP contribution in [0.25, 0.3) is 11.0 Å². The van der Waals surface area contributed by atoms with Crippen molar-refractivity contribution in [2.75, 3.05) is 4.72 Å². The van der Waals surface area contributed by atoms with Crippen LogP contribution < -0.4 is 4.72 Å². The van der Waals surface area contributed by atoms with Crippen molar-refractivity contribution in [1.82, 2.24) is 15.3 Å². The van der Waals surface area contributed by atoms with Crippen molar-refractivity contribution in [3.63, 3.8) is 0 Å². The Labute approximate surface area is 108 Å². The van der Waals surface area contributed by atoms with Gasteiger partial charge in [0.2, 0.25) is 0 Å². The number of aromatic nitrogens is 3. The molecule has 0 aliphatic carbocycles. The number of fused-ring (bicyclic) bond motifs is 1. The number of anilines is 1. The molecule has 1 aromatic carbocycles. The van der Waals surface area contributed by atoms with Gasteiger partial charge in [-0.25, -0.2) is 13.0 Å². The normalized spacial score (nSPS) is 11.6. The number of pyridine rings is 1. The smallest absolute Gasteiger partial charge is 0.264 e. The van der Waals surface area contributed by atoms with Crippen LogP contribution in [0.2, 0.25) is 0 Å². The van der Waals surface area contributed by atoms with Crippen LogP contribution in [-0.2, 0) is 10.0 Å². The average Bonchev–Trinajstić information content (AvgIpc) is 2.87. The van der Waals surface area contributed by atoms with E-state index in [-0.39, 0.29) is 10.4 Å². The molecule has 8 heteroatoms. The molecular formula is C11H8N4O3S. The standard InChI is InChI=1S/C11H8N4O3S/c16-19(17,15-8-3-2-6-12-7-8)10-5-1-4-9-11(10)14-18-13-9/h1-7,15H. The van der Waals surface area contributed by atoms with Gasteiger partial charge < -0.3 is 0 Å². The van der Waals surface area contributed by atoms with Crippen LogP contribution in [0.5, 0.6) is 0 Å². The van der Waals surface area contributed by atoms with Crippen molar-refractivity contribution in [3.05, 3.63) is 42.7 Å². The molecule has 7 nitrogen and oxygen atoms in total. The highest BCUT2D eigenvalue weighted by Crippen LogP contribution is 2.21. The number of benzene rings is 1. The molecular weight excluding hydrogens is 268 g/mol. The molecule has 3 aromatic rings. The van der Waals surface area contributed by atoms with Gasteiger partial charge in [0.25, 0.3) is 10.0 Å². The molecule has 0 aliphatic rings. The van der Waals surface area contributed by atoms with Crippen LogP contribution in [0.15, 0.2) is 52.3 Å². The molecule has 0 spiro atoms. The van der Waals surface area contributed by atoms with Crippen LogP contribution >= 0.6 is 0 Å². The van der Waals surface area contributed by atoms with Gasteiger partial charge >= 0.3 is 0 Å². The first-order chi connectivity index (χ1) is 9.17. The summed E-state index contributed by atoms with van der Waals surface area (Å²) < 4.78 is 31.5. The number of hydrogen-bond donors (Lipinski definition) is 1. The Bertz CT molecular complexity index is 814. The van der Waals surface area contributed by atoms with Crippen molar-refractivity contribution in [1.29, 1.82) is 0 Å². The molecule has 0 atom stereocenters. The summed E-state index contributed by atoms with van der Waals surface area (Å²) in [7, 11) is -3.76. The van der Waals surface area contributed by atoms with Crippen LogP contribution in [-0.4, -0.2) is 23.7 Å². The van der Waals surface area contributed by atoms with Gasteiger partial charge in [-0.1, -0.05) is 6.07 Å². The predicted octanol–water partition coefficient (Wildman–Crippen LogP) is 1.42. The van der Waals surface area contributed by atoms with E-state index < -0.39 is 10.0 Å². The molecule has 0 amide bonds. The minimum Gasteiger partial charge on any atom is -0.278 e. The second-order valence-electron chi connectivity index (χ2n) is 3.74. The second-order valence-corrected chi connectivity index (χ2v) is 5.39. The van der Waals surface area contributed by atoms with E-state index >= 15 is 0 Å². The first kappa shape index (κ1) is 11.6. The third kappa shape index (κ3) is 2.13. The maximum absolute atomic E-state index is 12.3. The summed E-state index contributed by atoms with van der Waals surface area (Å²) in [6.45, 7) is 0. The molecule has 0 radical (unpaired) electrons. The molecule has 0 aliphatic heterocycles. The van der Waals surface area contributed by atoms with Crippen molar-refractivity contribution < 1.29 is 13.0 Å². The Morgan fingerprint density at radius 3 is 2.79 bits per heavy atom. The molecule has 3 rings (SSSR count). The van der Waals surface area contributed by atoms with Gasteiger partial charge in [0.05, 0.1) is 11.9 Å². The maximum atomic E-state index is 12.3. The minimum atomic E-state index is -3.76. The Hall–Kier alpha value is -2.48. The highest BCUT2D eigenvalue weighted by molar-refractivity contribution is 7.93. The molecule has 0 bridgehead atoms. The largest absolute Gasteiger partial charge is 0.278 e. The fourth-order valence-corrected chi connectivity index (χ4v) is 2.83. The van der Waals surface area contributed by atoms with E-state index in [9.17, 15) is 8.42 Å². The molecule has 2 aromatic heterocycles. The summed E-state index contributed by atoms with van der Waals surface area (Å²) in [5, 5.41) is 7.21. The van der Waals surface area contributed by atoms with E-state index in [0.717, 1.165) is 0 Å². The van der Waals surface area contributed by atoms with Crippen LogP contribution in [0.1, 0.15) is 0 Å². The maximum Gasteiger partial charge on any atom is 0.264 e. The quantitative estimate of drug-likeness (QED) is 0.776. The lowest BCUT2D eigenvalue weighted by atomic mass is 10.3. The first-order valence-electron chi connectivity index (χ1n) is 5.31. The minimum absolute atomic E-state index is 0.00935. The number of nitrogens with zero attached hydrogens (tertiary/aromatic N) is 3. The highest BCUT2D eigenvalue weighted by atomic mass is 32.2. The fraction of sp³-hybridized carbons (Fsp3) is 0. The van der Waals surface area contributed by atoms with Crippen molar-refractivity contribution >= 4 is 26.7 Å². The van der Waals surface area contributed by atoms with Crippen LogP contribution in [0, 0.1) is 0 Å². The zero-order chi connectivity index (χ0) is 13.3. The summed E-state index contributed by atoms with van der Waals surface area (Å²) in [5.41, 5.74) is 0.948. The third-order valence-electron chi connectivity index (χ3n) is 2.45. The highest BCUT2D eigenvalue weighted by Gasteiger charge is 2.20. The van der Waals surface area contributed by atoms with Crippen molar-refractivity contribution in [2.24, 2.45) is 0 Å². The van der Waals surface area contributed by atoms with Gasteiger partial charge in [-0.15, -0.1) is 0 Å². The summed E-state index contributed by atoms with van der Waals surface area (Å²) in [5.74, 6) is 0. The van der Waals surface area contributed by atoms with Gasteiger partial charge in [-0.3, -0.25) is 9.71 Å². The van der Waals surface area contributed by atoms with E-state index in [0.29, 0.717) is 11.2 Å². The number of sulfonamides is 1. The Morgan fingerprint density at radius 2 is 2.00 bits per heavy atom. The molecule has 96 valence electrons. The van der Waals surface area contributed by atoms with E-state index in [4.69, 9.17) is 0 Å². The lowest BCUT2D eigenvalue weighted by molar-refractivity contribution is 0.315. The number of hydrogen-bond acceptors (Lipinski definition) is 6. The summed E-state index contributed by atoms with van der Waals surface area (Å²) >= 11 is 0. The third-order valence-corrected chi connectivity index (χ3v) is 3.87. The Kier molecular flexibility index (Phi) is 2.64. The van der Waals surface area contributed by atoms with E-state index in [1.165, 1.54) is 12.3 Å².